The summed E-state index contributed by atoms with van der Waals surface area (Å²) in [6, 6.07) is 4.62. The number of benzene rings is 2. The SMILES string of the molecule is [B]c1c(O)c(O)c(O)c(-c2ccc(Cl)cc2Br)c1O. The second-order valence-corrected chi connectivity index (χ2v) is 5.10. The molecule has 4 N–H and O–H groups in total. The highest BCUT2D eigenvalue weighted by atomic mass is 79.9. The van der Waals surface area contributed by atoms with E-state index in [9.17, 15) is 20.4 Å². The minimum absolute atomic E-state index is 0.101. The third-order valence-electron chi connectivity index (χ3n) is 2.63. The fraction of sp³-hybridized carbons (Fsp3) is 0. The molecule has 0 fully saturated rings. The van der Waals surface area contributed by atoms with E-state index < -0.39 is 28.5 Å². The first-order valence-corrected chi connectivity index (χ1v) is 6.22. The Balaban J connectivity index is 2.83. The lowest BCUT2D eigenvalue weighted by Gasteiger charge is -2.15. The zero-order valence-electron chi connectivity index (χ0n) is 9.35. The van der Waals surface area contributed by atoms with Gasteiger partial charge in [0.15, 0.2) is 11.5 Å². The van der Waals surface area contributed by atoms with Crippen LogP contribution in [0.5, 0.6) is 23.0 Å². The predicted octanol–water partition coefficient (Wildman–Crippen LogP) is 2.39. The summed E-state index contributed by atoms with van der Waals surface area (Å²) in [4.78, 5) is 0. The molecule has 0 bridgehead atoms. The Kier molecular flexibility index (Phi) is 3.56. The minimum Gasteiger partial charge on any atom is -0.508 e. The third-order valence-corrected chi connectivity index (χ3v) is 3.52. The molecule has 2 rings (SSSR count). The van der Waals surface area contributed by atoms with E-state index >= 15 is 0 Å². The predicted molar refractivity (Wildman–Crippen MR) is 76.6 cm³/mol. The van der Waals surface area contributed by atoms with E-state index in [1.807, 2.05) is 0 Å². The van der Waals surface area contributed by atoms with Crippen LogP contribution >= 0.6 is 27.5 Å². The summed E-state index contributed by atoms with van der Waals surface area (Å²) >= 11 is 9.03. The van der Waals surface area contributed by atoms with E-state index in [2.05, 4.69) is 15.9 Å². The summed E-state index contributed by atoms with van der Waals surface area (Å²) in [5.74, 6) is -2.78. The molecule has 0 saturated carbocycles. The first-order chi connectivity index (χ1) is 8.84. The summed E-state index contributed by atoms with van der Waals surface area (Å²) in [7, 11) is 5.46. The molecule has 7 heteroatoms. The van der Waals surface area contributed by atoms with Crippen molar-refractivity contribution >= 4 is 40.8 Å². The van der Waals surface area contributed by atoms with Crippen molar-refractivity contribution in [2.24, 2.45) is 0 Å². The van der Waals surface area contributed by atoms with Crippen molar-refractivity contribution in [3.8, 4) is 34.1 Å². The van der Waals surface area contributed by atoms with Crippen LogP contribution in [0.15, 0.2) is 22.7 Å². The molecule has 19 heavy (non-hydrogen) atoms. The van der Waals surface area contributed by atoms with Crippen molar-refractivity contribution < 1.29 is 20.4 Å². The highest BCUT2D eigenvalue weighted by Crippen LogP contribution is 2.48. The van der Waals surface area contributed by atoms with Crippen molar-refractivity contribution in [1.82, 2.24) is 0 Å². The Morgan fingerprint density at radius 1 is 0.947 bits per heavy atom. The molecule has 0 aliphatic heterocycles. The second kappa shape index (κ2) is 4.87. The van der Waals surface area contributed by atoms with Gasteiger partial charge in [0.25, 0.3) is 0 Å². The van der Waals surface area contributed by atoms with Crippen LogP contribution < -0.4 is 5.46 Å². The monoisotopic (exact) mass is 340 g/mol. The molecular formula is C12H7BBrClO4. The van der Waals surface area contributed by atoms with Gasteiger partial charge in [0.2, 0.25) is 5.75 Å². The molecule has 0 amide bonds. The van der Waals surface area contributed by atoms with Crippen molar-refractivity contribution in [1.29, 1.82) is 0 Å². The van der Waals surface area contributed by atoms with Gasteiger partial charge in [0.05, 0.1) is 5.56 Å². The van der Waals surface area contributed by atoms with Gasteiger partial charge in [-0.05, 0) is 17.6 Å². The van der Waals surface area contributed by atoms with Gasteiger partial charge < -0.3 is 20.4 Å². The van der Waals surface area contributed by atoms with Gasteiger partial charge in [-0.2, -0.15) is 0 Å². The molecule has 0 saturated heterocycles. The number of aromatic hydroxyl groups is 4. The van der Waals surface area contributed by atoms with Gasteiger partial charge >= 0.3 is 0 Å². The Bertz CT molecular complexity index is 646. The van der Waals surface area contributed by atoms with Crippen LogP contribution in [-0.2, 0) is 0 Å². The Labute approximate surface area is 123 Å². The van der Waals surface area contributed by atoms with Gasteiger partial charge in [-0.15, -0.1) is 0 Å². The molecule has 2 aromatic carbocycles. The Morgan fingerprint density at radius 2 is 1.58 bits per heavy atom. The highest BCUT2D eigenvalue weighted by Gasteiger charge is 2.22. The minimum atomic E-state index is -0.799. The largest absolute Gasteiger partial charge is 0.508 e. The average molecular weight is 341 g/mol. The Hall–Kier alpha value is -1.53. The number of hydrogen-bond donors (Lipinski definition) is 4. The second-order valence-electron chi connectivity index (χ2n) is 3.81. The van der Waals surface area contributed by atoms with Crippen LogP contribution in [0.3, 0.4) is 0 Å². The molecule has 0 aliphatic carbocycles. The summed E-state index contributed by atoms with van der Waals surface area (Å²) in [6.07, 6.45) is 0. The van der Waals surface area contributed by atoms with E-state index in [0.717, 1.165) is 0 Å². The summed E-state index contributed by atoms with van der Waals surface area (Å²) in [6.45, 7) is 0. The molecule has 0 aromatic heterocycles. The van der Waals surface area contributed by atoms with Crippen LogP contribution in [0.1, 0.15) is 0 Å². The molecule has 0 unspecified atom stereocenters. The zero-order valence-corrected chi connectivity index (χ0v) is 11.7. The van der Waals surface area contributed by atoms with Crippen molar-refractivity contribution in [3.63, 3.8) is 0 Å². The van der Waals surface area contributed by atoms with Crippen molar-refractivity contribution in [2.75, 3.05) is 0 Å². The lowest BCUT2D eigenvalue weighted by molar-refractivity contribution is 0.365. The number of hydrogen-bond acceptors (Lipinski definition) is 4. The first-order valence-electron chi connectivity index (χ1n) is 5.05. The maximum absolute atomic E-state index is 9.92. The molecule has 2 radical (unpaired) electrons. The fourth-order valence-corrected chi connectivity index (χ4v) is 2.55. The smallest absolute Gasteiger partial charge is 0.200 e. The van der Waals surface area contributed by atoms with Gasteiger partial charge in [-0.25, -0.2) is 0 Å². The summed E-state index contributed by atoms with van der Waals surface area (Å²) < 4.78 is 0.482. The highest BCUT2D eigenvalue weighted by molar-refractivity contribution is 9.10. The molecule has 0 aliphatic rings. The number of phenols is 4. The van der Waals surface area contributed by atoms with Gasteiger partial charge in [-0.1, -0.05) is 33.6 Å². The van der Waals surface area contributed by atoms with E-state index in [-0.39, 0.29) is 5.56 Å². The first kappa shape index (κ1) is 13.9. The average Bonchev–Trinajstić information content (AvgIpc) is 2.37. The molecule has 0 heterocycles. The van der Waals surface area contributed by atoms with Crippen molar-refractivity contribution in [2.45, 2.75) is 0 Å². The van der Waals surface area contributed by atoms with Crippen LogP contribution in [0.25, 0.3) is 11.1 Å². The van der Waals surface area contributed by atoms with Crippen LogP contribution in [0.4, 0.5) is 0 Å². The zero-order chi connectivity index (χ0) is 14.3. The maximum Gasteiger partial charge on any atom is 0.200 e. The summed E-state index contributed by atoms with van der Waals surface area (Å²) in [5, 5.41) is 39.2. The molecule has 0 spiro atoms. The fourth-order valence-electron chi connectivity index (χ4n) is 1.66. The lowest BCUT2D eigenvalue weighted by Crippen LogP contribution is -2.05. The number of rotatable bonds is 1. The van der Waals surface area contributed by atoms with Crippen LogP contribution in [-0.4, -0.2) is 28.3 Å². The molecular weight excluding hydrogens is 334 g/mol. The molecule has 96 valence electrons. The summed E-state index contributed by atoms with van der Waals surface area (Å²) in [5.41, 5.74) is -0.162. The maximum atomic E-state index is 9.92. The molecule has 2 aromatic rings. The standard InChI is InChI=1S/C12H7BBrClO4/c13-8-9(16)7(10(17)12(19)11(8)18)5-2-1-4(15)3-6(5)14/h1-3,16-19H. The van der Waals surface area contributed by atoms with E-state index in [1.54, 1.807) is 12.1 Å². The quantitative estimate of drug-likeness (QED) is 0.365. The van der Waals surface area contributed by atoms with Gasteiger partial charge in [0.1, 0.15) is 13.6 Å². The van der Waals surface area contributed by atoms with Crippen molar-refractivity contribution in [3.05, 3.63) is 27.7 Å². The normalized spacial score (nSPS) is 10.6. The van der Waals surface area contributed by atoms with Crippen LogP contribution in [0.2, 0.25) is 5.02 Å². The van der Waals surface area contributed by atoms with Gasteiger partial charge in [0, 0.05) is 15.1 Å². The molecule has 4 nitrogen and oxygen atoms in total. The van der Waals surface area contributed by atoms with Gasteiger partial charge in [-0.3, -0.25) is 0 Å². The third kappa shape index (κ3) is 2.22. The molecule has 0 atom stereocenters. The van der Waals surface area contributed by atoms with E-state index in [0.29, 0.717) is 15.1 Å². The lowest BCUT2D eigenvalue weighted by atomic mass is 9.88. The topological polar surface area (TPSA) is 80.9 Å². The van der Waals surface area contributed by atoms with E-state index in [1.165, 1.54) is 6.07 Å². The van der Waals surface area contributed by atoms with E-state index in [4.69, 9.17) is 19.4 Å². The Morgan fingerprint density at radius 3 is 2.16 bits per heavy atom. The van der Waals surface area contributed by atoms with Crippen LogP contribution in [0, 0.1) is 0 Å². The number of phenolic OH excluding ortho intramolecular Hbond substituents is 4. The number of halogens is 2.